The first-order valence-corrected chi connectivity index (χ1v) is 12.9. The third kappa shape index (κ3) is 4.93. The van der Waals surface area contributed by atoms with Crippen LogP contribution in [0.5, 0.6) is 0 Å². The summed E-state index contributed by atoms with van der Waals surface area (Å²) in [7, 11) is 0. The molecular formula is C29H25ClN2O2S. The Morgan fingerprint density at radius 3 is 2.23 bits per heavy atom. The SMILES string of the molecule is CCc1cc2oc(=O)cc(CSc3nc(-c4ccc(C)cc4)c(-c4ccc(C)cc4)[nH]3)c2cc1Cl. The molecule has 0 fully saturated rings. The number of nitrogens with one attached hydrogen (secondary N) is 1. The number of thioether (sulfide) groups is 1. The van der Waals surface area contributed by atoms with E-state index in [1.807, 2.05) is 19.1 Å². The third-order valence-electron chi connectivity index (χ3n) is 6.09. The molecule has 0 unspecified atom stereocenters. The second-order valence-corrected chi connectivity index (χ2v) is 10.0. The van der Waals surface area contributed by atoms with Crippen LogP contribution in [0.1, 0.15) is 29.2 Å². The van der Waals surface area contributed by atoms with Gasteiger partial charge < -0.3 is 9.40 Å². The Morgan fingerprint density at radius 1 is 0.914 bits per heavy atom. The van der Waals surface area contributed by atoms with Crippen LogP contribution >= 0.6 is 23.4 Å². The number of benzene rings is 3. The maximum Gasteiger partial charge on any atom is 0.336 e. The minimum absolute atomic E-state index is 0.363. The molecule has 0 saturated heterocycles. The lowest BCUT2D eigenvalue weighted by atomic mass is 10.0. The van der Waals surface area contributed by atoms with Crippen molar-refractivity contribution in [1.29, 1.82) is 0 Å². The molecule has 0 aliphatic carbocycles. The number of H-pyrrole nitrogens is 1. The summed E-state index contributed by atoms with van der Waals surface area (Å²) in [5.74, 6) is 0.554. The van der Waals surface area contributed by atoms with Gasteiger partial charge in [0, 0.05) is 33.4 Å². The Labute approximate surface area is 213 Å². The van der Waals surface area contributed by atoms with Gasteiger partial charge in [-0.2, -0.15) is 0 Å². The van der Waals surface area contributed by atoms with Crippen LogP contribution in [0.2, 0.25) is 5.02 Å². The summed E-state index contributed by atoms with van der Waals surface area (Å²) in [5, 5.41) is 2.32. The zero-order valence-corrected chi connectivity index (χ0v) is 21.4. The van der Waals surface area contributed by atoms with Crippen LogP contribution in [0.3, 0.4) is 0 Å². The van der Waals surface area contributed by atoms with Gasteiger partial charge in [-0.15, -0.1) is 0 Å². The maximum absolute atomic E-state index is 12.3. The standard InChI is InChI=1S/C29H25ClN2O2S/c1-4-19-13-25-23(15-24(19)30)22(14-26(33)34-25)16-35-29-31-27(20-9-5-17(2)6-10-20)28(32-29)21-11-7-18(3)8-12-21/h5-15H,4,16H2,1-3H3,(H,31,32). The van der Waals surface area contributed by atoms with Gasteiger partial charge in [0.15, 0.2) is 5.16 Å². The summed E-state index contributed by atoms with van der Waals surface area (Å²) < 4.78 is 5.46. The van der Waals surface area contributed by atoms with Gasteiger partial charge in [0.2, 0.25) is 0 Å². The first-order valence-electron chi connectivity index (χ1n) is 11.5. The fourth-order valence-electron chi connectivity index (χ4n) is 4.09. The van der Waals surface area contributed by atoms with E-state index in [1.54, 1.807) is 17.8 Å². The lowest BCUT2D eigenvalue weighted by Gasteiger charge is -2.07. The number of aryl methyl sites for hydroxylation is 3. The number of rotatable bonds is 6. The number of halogens is 1. The second kappa shape index (κ2) is 9.76. The Kier molecular flexibility index (Phi) is 6.54. The maximum atomic E-state index is 12.3. The van der Waals surface area contributed by atoms with Gasteiger partial charge in [0.25, 0.3) is 0 Å². The predicted molar refractivity (Wildman–Crippen MR) is 145 cm³/mol. The molecule has 0 aliphatic rings. The average Bonchev–Trinajstić information content (AvgIpc) is 3.27. The fraction of sp³-hybridized carbons (Fsp3) is 0.172. The van der Waals surface area contributed by atoms with Crippen molar-refractivity contribution >= 4 is 34.3 Å². The van der Waals surface area contributed by atoms with Gasteiger partial charge in [-0.05, 0) is 43.5 Å². The van der Waals surface area contributed by atoms with Gasteiger partial charge in [-0.3, -0.25) is 0 Å². The molecule has 5 rings (SSSR count). The molecule has 2 heterocycles. The second-order valence-electron chi connectivity index (χ2n) is 8.67. The fourth-order valence-corrected chi connectivity index (χ4v) is 5.25. The minimum atomic E-state index is -0.363. The van der Waals surface area contributed by atoms with Crippen molar-refractivity contribution in [3.05, 3.63) is 104 Å². The van der Waals surface area contributed by atoms with E-state index in [0.29, 0.717) is 16.4 Å². The molecule has 0 saturated carbocycles. The van der Waals surface area contributed by atoms with Crippen molar-refractivity contribution in [3.63, 3.8) is 0 Å². The Morgan fingerprint density at radius 2 is 1.57 bits per heavy atom. The molecule has 0 atom stereocenters. The molecule has 3 aromatic carbocycles. The molecule has 35 heavy (non-hydrogen) atoms. The molecule has 176 valence electrons. The van der Waals surface area contributed by atoms with Gasteiger partial charge >= 0.3 is 5.63 Å². The van der Waals surface area contributed by atoms with Crippen molar-refractivity contribution in [1.82, 2.24) is 9.97 Å². The highest BCUT2D eigenvalue weighted by molar-refractivity contribution is 7.98. The number of aromatic amines is 1. The number of nitrogens with zero attached hydrogens (tertiary/aromatic N) is 1. The number of aromatic nitrogens is 2. The van der Waals surface area contributed by atoms with Crippen molar-refractivity contribution < 1.29 is 4.42 Å². The summed E-state index contributed by atoms with van der Waals surface area (Å²) >= 11 is 8.02. The highest BCUT2D eigenvalue weighted by Gasteiger charge is 2.16. The predicted octanol–water partition coefficient (Wildman–Crippen LogP) is 7.98. The largest absolute Gasteiger partial charge is 0.423 e. The summed E-state index contributed by atoms with van der Waals surface area (Å²) in [4.78, 5) is 20.7. The molecule has 0 bridgehead atoms. The van der Waals surface area contributed by atoms with Crippen LogP contribution < -0.4 is 5.63 Å². The van der Waals surface area contributed by atoms with Crippen LogP contribution in [-0.2, 0) is 12.2 Å². The monoisotopic (exact) mass is 500 g/mol. The summed E-state index contributed by atoms with van der Waals surface area (Å²) in [5.41, 5.74) is 8.46. The lowest BCUT2D eigenvalue weighted by Crippen LogP contribution is -2.00. The zero-order valence-electron chi connectivity index (χ0n) is 19.8. The summed E-state index contributed by atoms with van der Waals surface area (Å²) in [6.45, 7) is 6.18. The van der Waals surface area contributed by atoms with E-state index in [9.17, 15) is 4.79 Å². The van der Waals surface area contributed by atoms with E-state index in [0.717, 1.165) is 50.6 Å². The van der Waals surface area contributed by atoms with Gasteiger partial charge in [0.1, 0.15) is 5.58 Å². The van der Waals surface area contributed by atoms with Gasteiger partial charge in [-0.25, -0.2) is 9.78 Å². The van der Waals surface area contributed by atoms with Crippen LogP contribution in [0.4, 0.5) is 0 Å². The molecule has 1 N–H and O–H groups in total. The first-order chi connectivity index (χ1) is 16.9. The van der Waals surface area contributed by atoms with Crippen molar-refractivity contribution in [2.24, 2.45) is 0 Å². The van der Waals surface area contributed by atoms with E-state index >= 15 is 0 Å². The molecule has 6 heteroatoms. The molecule has 0 radical (unpaired) electrons. The Hall–Kier alpha value is -3.28. The highest BCUT2D eigenvalue weighted by atomic mass is 35.5. The van der Waals surface area contributed by atoms with Gasteiger partial charge in [-0.1, -0.05) is 89.9 Å². The van der Waals surface area contributed by atoms with E-state index < -0.39 is 0 Å². The van der Waals surface area contributed by atoms with E-state index in [1.165, 1.54) is 11.1 Å². The highest BCUT2D eigenvalue weighted by Crippen LogP contribution is 2.35. The molecule has 5 aromatic rings. The quantitative estimate of drug-likeness (QED) is 0.190. The van der Waals surface area contributed by atoms with Crippen molar-refractivity contribution in [3.8, 4) is 22.5 Å². The number of hydrogen-bond acceptors (Lipinski definition) is 4. The van der Waals surface area contributed by atoms with Crippen molar-refractivity contribution in [2.45, 2.75) is 38.1 Å². The first kappa shape index (κ1) is 23.5. The zero-order chi connectivity index (χ0) is 24.5. The van der Waals surface area contributed by atoms with Gasteiger partial charge in [0.05, 0.1) is 11.4 Å². The minimum Gasteiger partial charge on any atom is -0.423 e. The van der Waals surface area contributed by atoms with E-state index in [4.69, 9.17) is 21.0 Å². The average molecular weight is 501 g/mol. The van der Waals surface area contributed by atoms with Crippen LogP contribution in [0, 0.1) is 13.8 Å². The van der Waals surface area contributed by atoms with Crippen LogP contribution in [0.15, 0.2) is 81.1 Å². The Bertz CT molecular complexity index is 1510. The molecule has 0 aliphatic heterocycles. The normalized spacial score (nSPS) is 11.3. The van der Waals surface area contributed by atoms with Crippen molar-refractivity contribution in [2.75, 3.05) is 0 Å². The number of imidazole rings is 1. The van der Waals surface area contributed by atoms with Crippen LogP contribution in [-0.4, -0.2) is 9.97 Å². The van der Waals surface area contributed by atoms with Crippen LogP contribution in [0.25, 0.3) is 33.5 Å². The smallest absolute Gasteiger partial charge is 0.336 e. The number of fused-ring (bicyclic) bond motifs is 1. The summed E-state index contributed by atoms with van der Waals surface area (Å²) in [6, 6.07) is 22.1. The van der Waals surface area contributed by atoms with E-state index in [2.05, 4.69) is 67.4 Å². The molecule has 0 spiro atoms. The molecular weight excluding hydrogens is 476 g/mol. The molecule has 2 aromatic heterocycles. The Balaban J connectivity index is 1.53. The lowest BCUT2D eigenvalue weighted by molar-refractivity contribution is 0.559. The third-order valence-corrected chi connectivity index (χ3v) is 7.36. The molecule has 4 nitrogen and oxygen atoms in total. The number of hydrogen-bond donors (Lipinski definition) is 1. The summed E-state index contributed by atoms with van der Waals surface area (Å²) in [6.07, 6.45) is 0.771. The molecule has 0 amide bonds. The van der Waals surface area contributed by atoms with E-state index in [-0.39, 0.29) is 5.63 Å². The topological polar surface area (TPSA) is 58.9 Å².